The third-order valence-electron chi connectivity index (χ3n) is 9.03. The highest BCUT2D eigenvalue weighted by Gasteiger charge is 2.47. The number of hydrogen-bond donors (Lipinski definition) is 8. The monoisotopic (exact) mass is 736 g/mol. The van der Waals surface area contributed by atoms with Crippen LogP contribution in [-0.4, -0.2) is 133 Å². The zero-order valence-corrected chi connectivity index (χ0v) is 28.0. The molecule has 3 aliphatic rings. The highest BCUT2D eigenvalue weighted by Crippen LogP contribution is 2.39. The smallest absolute Gasteiger partial charge is 0.303 e. The number of aromatic hydroxyl groups is 2. The van der Waals surface area contributed by atoms with Gasteiger partial charge < -0.3 is 78.4 Å². The van der Waals surface area contributed by atoms with Crippen LogP contribution in [0.5, 0.6) is 23.0 Å². The van der Waals surface area contributed by atoms with Gasteiger partial charge in [-0.1, -0.05) is 0 Å². The van der Waals surface area contributed by atoms with Crippen LogP contribution in [0.15, 0.2) is 45.6 Å². The maximum atomic E-state index is 14.1. The van der Waals surface area contributed by atoms with Crippen LogP contribution in [0.2, 0.25) is 0 Å². The van der Waals surface area contributed by atoms with Crippen LogP contribution in [0.1, 0.15) is 27.2 Å². The normalized spacial score (nSPS) is 35.2. The lowest BCUT2D eigenvalue weighted by Gasteiger charge is -2.42. The SMILES string of the molecule is CC(=O)O[C@H]1[C@@H](O[C@H]2OC[C@H](O)[C@@H](O)[C@@H]2O)C[C@H](Oc2c(-c3ccc(O)cc3)oc3cc(O[C@H]4O[C@@H](C)[C@H](O)[C@@H](O)[C@H]4O)cc(O)c3c2=O)O[C@@H]1C. The Morgan fingerprint density at radius 1 is 0.827 bits per heavy atom. The molecule has 2 aromatic carbocycles. The zero-order chi connectivity index (χ0) is 37.6. The number of aliphatic hydroxyl groups excluding tert-OH is 6. The van der Waals surface area contributed by atoms with E-state index in [2.05, 4.69) is 0 Å². The van der Waals surface area contributed by atoms with E-state index in [1.54, 1.807) is 6.92 Å². The number of carbonyl (C=O) groups is 1. The third-order valence-corrected chi connectivity index (χ3v) is 9.03. The molecule has 0 bridgehead atoms. The van der Waals surface area contributed by atoms with Crippen molar-refractivity contribution in [3.8, 4) is 34.3 Å². The van der Waals surface area contributed by atoms with Crippen molar-refractivity contribution in [2.24, 2.45) is 0 Å². The average Bonchev–Trinajstić information content (AvgIpc) is 3.09. The van der Waals surface area contributed by atoms with Crippen LogP contribution in [0.4, 0.5) is 0 Å². The molecular weight excluding hydrogens is 696 g/mol. The molecule has 284 valence electrons. The van der Waals surface area contributed by atoms with Gasteiger partial charge in [0, 0.05) is 31.0 Å². The fourth-order valence-electron chi connectivity index (χ4n) is 6.25. The molecule has 8 N–H and O–H groups in total. The topological polar surface area (TPSA) is 274 Å². The van der Waals surface area contributed by atoms with Gasteiger partial charge in [-0.3, -0.25) is 9.59 Å². The van der Waals surface area contributed by atoms with Gasteiger partial charge in [-0.2, -0.15) is 0 Å². The molecule has 0 unspecified atom stereocenters. The summed E-state index contributed by atoms with van der Waals surface area (Å²) in [6.07, 6.45) is -17.8. The summed E-state index contributed by atoms with van der Waals surface area (Å²) in [5, 5.41) is 81.8. The number of fused-ring (bicyclic) bond motifs is 1. The van der Waals surface area contributed by atoms with Gasteiger partial charge in [0.2, 0.25) is 23.8 Å². The first-order valence-electron chi connectivity index (χ1n) is 16.4. The molecule has 18 nitrogen and oxygen atoms in total. The molecule has 3 aliphatic heterocycles. The second kappa shape index (κ2) is 15.1. The Morgan fingerprint density at radius 3 is 2.21 bits per heavy atom. The van der Waals surface area contributed by atoms with Gasteiger partial charge in [-0.05, 0) is 38.1 Å². The summed E-state index contributed by atoms with van der Waals surface area (Å²) < 4.78 is 46.2. The first kappa shape index (κ1) is 37.7. The maximum absolute atomic E-state index is 14.1. The van der Waals surface area contributed by atoms with E-state index < -0.39 is 103 Å². The summed E-state index contributed by atoms with van der Waals surface area (Å²) in [5.74, 6) is -2.14. The summed E-state index contributed by atoms with van der Waals surface area (Å²) in [5.41, 5.74) is -0.823. The average molecular weight is 737 g/mol. The molecule has 52 heavy (non-hydrogen) atoms. The minimum Gasteiger partial charge on any atom is -0.508 e. The van der Waals surface area contributed by atoms with Crippen LogP contribution in [0.3, 0.4) is 0 Å². The molecule has 0 amide bonds. The standard InChI is InChI=1S/C34H40O18/c1-12-24(39)27(42)29(44)34(47-12)49-17-8-18(37)23-20(9-17)50-31(15-4-6-16(36)7-5-15)32(26(23)41)52-22-10-21(30(13(2)46-22)48-14(3)35)51-33-28(43)25(40)19(38)11-45-33/h4-9,12-13,19,21-22,24-25,27-30,33-34,36-40,42-44H,10-11H2,1-3H3/t12-,13+,19-,21-,22-,24-,25+,27+,28-,29+,30+,33+,34+/m0/s1. The summed E-state index contributed by atoms with van der Waals surface area (Å²) >= 11 is 0. The first-order valence-corrected chi connectivity index (χ1v) is 16.4. The second-order valence-electron chi connectivity index (χ2n) is 12.9. The van der Waals surface area contributed by atoms with Crippen molar-refractivity contribution >= 4 is 16.9 Å². The maximum Gasteiger partial charge on any atom is 0.303 e. The van der Waals surface area contributed by atoms with Gasteiger partial charge in [0.1, 0.15) is 70.9 Å². The zero-order valence-electron chi connectivity index (χ0n) is 28.0. The van der Waals surface area contributed by atoms with Crippen molar-refractivity contribution in [3.63, 3.8) is 0 Å². The highest BCUT2D eigenvalue weighted by molar-refractivity contribution is 5.88. The number of esters is 1. The number of carbonyl (C=O) groups excluding carboxylic acids is 1. The van der Waals surface area contributed by atoms with Crippen molar-refractivity contribution in [2.45, 2.75) is 107 Å². The van der Waals surface area contributed by atoms with E-state index >= 15 is 0 Å². The van der Waals surface area contributed by atoms with Crippen molar-refractivity contribution < 1.29 is 83.2 Å². The molecule has 6 rings (SSSR count). The van der Waals surface area contributed by atoms with Crippen LogP contribution >= 0.6 is 0 Å². The molecule has 3 fully saturated rings. The Labute approximate surface area is 294 Å². The van der Waals surface area contributed by atoms with E-state index in [4.69, 9.17) is 37.6 Å². The fourth-order valence-corrected chi connectivity index (χ4v) is 6.25. The molecule has 18 heteroatoms. The highest BCUT2D eigenvalue weighted by atomic mass is 16.7. The summed E-state index contributed by atoms with van der Waals surface area (Å²) in [6.45, 7) is 3.82. The molecule has 0 radical (unpaired) electrons. The molecular formula is C34H40O18. The number of phenolic OH excluding ortho intramolecular Hbond substituents is 2. The van der Waals surface area contributed by atoms with Crippen molar-refractivity contribution in [1.82, 2.24) is 0 Å². The molecule has 3 aromatic rings. The van der Waals surface area contributed by atoms with Crippen molar-refractivity contribution in [2.75, 3.05) is 6.61 Å². The number of ether oxygens (including phenoxy) is 7. The summed E-state index contributed by atoms with van der Waals surface area (Å²) in [4.78, 5) is 26.1. The molecule has 3 saturated heterocycles. The second-order valence-corrected chi connectivity index (χ2v) is 12.9. The van der Waals surface area contributed by atoms with Crippen molar-refractivity contribution in [3.05, 3.63) is 46.6 Å². The van der Waals surface area contributed by atoms with Crippen LogP contribution in [-0.2, 0) is 28.5 Å². The van der Waals surface area contributed by atoms with Gasteiger partial charge in [0.25, 0.3) is 0 Å². The molecule has 0 saturated carbocycles. The Kier molecular flexibility index (Phi) is 10.9. The van der Waals surface area contributed by atoms with Gasteiger partial charge in [-0.25, -0.2) is 0 Å². The molecule has 0 spiro atoms. The van der Waals surface area contributed by atoms with E-state index in [0.717, 1.165) is 6.07 Å². The third kappa shape index (κ3) is 7.53. The van der Waals surface area contributed by atoms with E-state index in [9.17, 15) is 50.4 Å². The minimum absolute atomic E-state index is 0.0963. The lowest BCUT2D eigenvalue weighted by atomic mass is 10.00. The van der Waals surface area contributed by atoms with E-state index in [1.165, 1.54) is 44.2 Å². The minimum atomic E-state index is -1.67. The molecule has 0 aliphatic carbocycles. The number of phenols is 2. The Morgan fingerprint density at radius 2 is 1.52 bits per heavy atom. The lowest BCUT2D eigenvalue weighted by molar-refractivity contribution is -0.314. The molecule has 13 atom stereocenters. The van der Waals surface area contributed by atoms with E-state index in [0.29, 0.717) is 0 Å². The summed E-state index contributed by atoms with van der Waals surface area (Å²) in [7, 11) is 0. The Balaban J connectivity index is 1.35. The Hall–Kier alpha value is -4.08. The van der Waals surface area contributed by atoms with Gasteiger partial charge in [0.15, 0.2) is 18.2 Å². The van der Waals surface area contributed by atoms with E-state index in [1.807, 2.05) is 0 Å². The van der Waals surface area contributed by atoms with Crippen LogP contribution < -0.4 is 14.9 Å². The molecule has 4 heterocycles. The van der Waals surface area contributed by atoms with Crippen molar-refractivity contribution in [1.29, 1.82) is 0 Å². The van der Waals surface area contributed by atoms with Crippen LogP contribution in [0.25, 0.3) is 22.3 Å². The van der Waals surface area contributed by atoms with Gasteiger partial charge in [0.05, 0.1) is 18.8 Å². The quantitative estimate of drug-likeness (QED) is 0.133. The lowest BCUT2D eigenvalue weighted by Crippen LogP contribution is -2.58. The molecule has 1 aromatic heterocycles. The predicted molar refractivity (Wildman–Crippen MR) is 172 cm³/mol. The number of aliphatic hydroxyl groups is 6. The number of hydrogen-bond acceptors (Lipinski definition) is 18. The largest absolute Gasteiger partial charge is 0.508 e. The predicted octanol–water partition coefficient (Wildman–Crippen LogP) is -0.653. The Bertz CT molecular complexity index is 1800. The first-order chi connectivity index (χ1) is 24.6. The van der Waals surface area contributed by atoms with E-state index in [-0.39, 0.29) is 46.8 Å². The number of benzene rings is 2. The van der Waals surface area contributed by atoms with Crippen LogP contribution in [0, 0.1) is 0 Å². The van der Waals surface area contributed by atoms with Gasteiger partial charge >= 0.3 is 5.97 Å². The fraction of sp³-hybridized carbons (Fsp3) is 0.529. The number of rotatable bonds is 8. The summed E-state index contributed by atoms with van der Waals surface area (Å²) in [6, 6.07) is 7.81. The van der Waals surface area contributed by atoms with Gasteiger partial charge in [-0.15, -0.1) is 0 Å².